The maximum Gasteiger partial charge on any atom is 0.119 e. The minimum absolute atomic E-state index is 0.626. The molecule has 0 radical (unpaired) electrons. The van der Waals surface area contributed by atoms with Crippen LogP contribution in [0.3, 0.4) is 0 Å². The molecule has 0 amide bonds. The van der Waals surface area contributed by atoms with Crippen LogP contribution in [0.1, 0.15) is 96.5 Å². The fraction of sp³-hybridized carbons (Fsp3) is 0.586. The lowest BCUT2D eigenvalue weighted by Crippen LogP contribution is -2.13. The Bertz CT molecular complexity index is 707. The molecule has 0 bridgehead atoms. The van der Waals surface area contributed by atoms with Crippen molar-refractivity contribution in [2.75, 3.05) is 6.61 Å². The molecule has 0 saturated heterocycles. The van der Waals surface area contributed by atoms with Crippen LogP contribution in [0, 0.1) is 11.8 Å². The van der Waals surface area contributed by atoms with Gasteiger partial charge in [0, 0.05) is 0 Å². The van der Waals surface area contributed by atoms with E-state index >= 15 is 0 Å². The molecule has 0 aliphatic heterocycles. The van der Waals surface area contributed by atoms with Crippen molar-refractivity contribution in [3.63, 3.8) is 0 Å². The maximum absolute atomic E-state index is 6.01. The minimum Gasteiger partial charge on any atom is -0.493 e. The summed E-state index contributed by atoms with van der Waals surface area (Å²) in [5.41, 5.74) is 4.11. The Morgan fingerprint density at radius 3 is 2.03 bits per heavy atom. The molecule has 1 aliphatic rings. The van der Waals surface area contributed by atoms with E-state index in [4.69, 9.17) is 4.74 Å². The first-order chi connectivity index (χ1) is 14.7. The second-order valence-corrected chi connectivity index (χ2v) is 9.56. The van der Waals surface area contributed by atoms with E-state index in [1.165, 1.54) is 80.9 Å². The van der Waals surface area contributed by atoms with Crippen LogP contribution in [0.25, 0.3) is 11.1 Å². The Kier molecular flexibility index (Phi) is 9.30. The summed E-state index contributed by atoms with van der Waals surface area (Å²) >= 11 is 0. The highest BCUT2D eigenvalue weighted by Gasteiger charge is 2.21. The van der Waals surface area contributed by atoms with Crippen molar-refractivity contribution < 1.29 is 4.74 Å². The second-order valence-electron chi connectivity index (χ2n) is 9.56. The zero-order valence-electron chi connectivity index (χ0n) is 19.5. The molecule has 30 heavy (non-hydrogen) atoms. The van der Waals surface area contributed by atoms with Gasteiger partial charge in [-0.3, -0.25) is 0 Å². The molecular weight excluding hydrogens is 364 g/mol. The van der Waals surface area contributed by atoms with Crippen LogP contribution in [0.4, 0.5) is 0 Å². The van der Waals surface area contributed by atoms with Crippen LogP contribution in [0.2, 0.25) is 0 Å². The minimum atomic E-state index is 0.626. The summed E-state index contributed by atoms with van der Waals surface area (Å²) in [6, 6.07) is 18.0. The molecule has 164 valence electrons. The van der Waals surface area contributed by atoms with Crippen molar-refractivity contribution in [2.45, 2.75) is 90.9 Å². The van der Waals surface area contributed by atoms with Crippen molar-refractivity contribution >= 4 is 0 Å². The second kappa shape index (κ2) is 12.2. The zero-order valence-corrected chi connectivity index (χ0v) is 19.5. The van der Waals surface area contributed by atoms with Crippen molar-refractivity contribution in [1.82, 2.24) is 0 Å². The molecular formula is C29H42O. The van der Waals surface area contributed by atoms with Gasteiger partial charge in [0.15, 0.2) is 0 Å². The molecule has 0 N–H and O–H groups in total. The molecule has 2 aromatic rings. The standard InChI is InChI=1S/C29H42O/c1-4-6-7-9-23(3)22-30-29-20-18-28(19-21-29)27-16-14-26(15-17-27)25-12-10-24(8-5-2)11-13-25/h14-21,23-25H,4-13,22H2,1-3H3. The summed E-state index contributed by atoms with van der Waals surface area (Å²) in [6.45, 7) is 7.69. The Labute approximate surface area is 185 Å². The molecule has 0 spiro atoms. The zero-order chi connectivity index (χ0) is 21.2. The van der Waals surface area contributed by atoms with Gasteiger partial charge in [-0.25, -0.2) is 0 Å². The molecule has 1 atom stereocenters. The first-order valence-electron chi connectivity index (χ1n) is 12.5. The summed E-state index contributed by atoms with van der Waals surface area (Å²) < 4.78 is 6.01. The smallest absolute Gasteiger partial charge is 0.119 e. The van der Waals surface area contributed by atoms with Crippen LogP contribution in [-0.2, 0) is 0 Å². The predicted molar refractivity (Wildman–Crippen MR) is 130 cm³/mol. The largest absolute Gasteiger partial charge is 0.493 e. The number of hydrogen-bond acceptors (Lipinski definition) is 1. The number of rotatable bonds is 11. The van der Waals surface area contributed by atoms with Gasteiger partial charge in [0.1, 0.15) is 5.75 Å². The number of hydrogen-bond donors (Lipinski definition) is 0. The monoisotopic (exact) mass is 406 g/mol. The van der Waals surface area contributed by atoms with Gasteiger partial charge in [-0.15, -0.1) is 0 Å². The van der Waals surface area contributed by atoms with Crippen LogP contribution in [0.15, 0.2) is 48.5 Å². The van der Waals surface area contributed by atoms with Crippen LogP contribution < -0.4 is 4.74 Å². The molecule has 0 heterocycles. The highest BCUT2D eigenvalue weighted by Crippen LogP contribution is 2.38. The van der Waals surface area contributed by atoms with E-state index in [1.807, 2.05) is 0 Å². The number of unbranched alkanes of at least 4 members (excludes halogenated alkanes) is 2. The van der Waals surface area contributed by atoms with E-state index < -0.39 is 0 Å². The van der Waals surface area contributed by atoms with Crippen LogP contribution in [0.5, 0.6) is 5.75 Å². The topological polar surface area (TPSA) is 9.23 Å². The number of benzene rings is 2. The highest BCUT2D eigenvalue weighted by atomic mass is 16.5. The average Bonchev–Trinajstić information content (AvgIpc) is 2.79. The predicted octanol–water partition coefficient (Wildman–Crippen LogP) is 9.02. The highest BCUT2D eigenvalue weighted by molar-refractivity contribution is 5.64. The normalized spacial score (nSPS) is 20.1. The van der Waals surface area contributed by atoms with Gasteiger partial charge in [-0.05, 0) is 78.7 Å². The Morgan fingerprint density at radius 2 is 1.43 bits per heavy atom. The van der Waals surface area contributed by atoms with Crippen molar-refractivity contribution in [2.24, 2.45) is 11.8 Å². The molecule has 1 fully saturated rings. The fourth-order valence-corrected chi connectivity index (χ4v) is 4.95. The molecule has 1 nitrogen and oxygen atoms in total. The van der Waals surface area contributed by atoms with E-state index in [0.29, 0.717) is 5.92 Å². The molecule has 1 saturated carbocycles. The quantitative estimate of drug-likeness (QED) is 0.338. The van der Waals surface area contributed by atoms with Crippen LogP contribution >= 0.6 is 0 Å². The summed E-state index contributed by atoms with van der Waals surface area (Å²) in [6.07, 6.45) is 13.5. The van der Waals surface area contributed by atoms with E-state index in [-0.39, 0.29) is 0 Å². The SMILES string of the molecule is CCCCCC(C)COc1ccc(-c2ccc(C3CCC(CCC)CC3)cc2)cc1. The summed E-state index contributed by atoms with van der Waals surface area (Å²) in [4.78, 5) is 0. The Morgan fingerprint density at radius 1 is 0.800 bits per heavy atom. The molecule has 1 heteroatoms. The maximum atomic E-state index is 6.01. The molecule has 1 aliphatic carbocycles. The third-order valence-electron chi connectivity index (χ3n) is 6.95. The molecule has 3 rings (SSSR count). The van der Waals surface area contributed by atoms with Gasteiger partial charge in [-0.2, -0.15) is 0 Å². The lowest BCUT2D eigenvalue weighted by molar-refractivity contribution is 0.249. The molecule has 1 unspecified atom stereocenters. The average molecular weight is 407 g/mol. The van der Waals surface area contributed by atoms with Gasteiger partial charge >= 0.3 is 0 Å². The summed E-state index contributed by atoms with van der Waals surface area (Å²) in [5.74, 6) is 3.36. The van der Waals surface area contributed by atoms with Crippen molar-refractivity contribution in [1.29, 1.82) is 0 Å². The summed E-state index contributed by atoms with van der Waals surface area (Å²) in [7, 11) is 0. The van der Waals surface area contributed by atoms with Gasteiger partial charge in [0.25, 0.3) is 0 Å². The fourth-order valence-electron chi connectivity index (χ4n) is 4.95. The third kappa shape index (κ3) is 6.89. The Balaban J connectivity index is 1.49. The van der Waals surface area contributed by atoms with Crippen molar-refractivity contribution in [3.8, 4) is 16.9 Å². The first kappa shape index (κ1) is 22.9. The van der Waals surface area contributed by atoms with Gasteiger partial charge in [0.05, 0.1) is 6.61 Å². The van der Waals surface area contributed by atoms with Crippen LogP contribution in [-0.4, -0.2) is 6.61 Å². The third-order valence-corrected chi connectivity index (χ3v) is 6.95. The summed E-state index contributed by atoms with van der Waals surface area (Å²) in [5, 5.41) is 0. The molecule has 0 aromatic heterocycles. The van der Waals surface area contributed by atoms with E-state index in [1.54, 1.807) is 0 Å². The Hall–Kier alpha value is -1.76. The van der Waals surface area contributed by atoms with E-state index in [2.05, 4.69) is 69.3 Å². The van der Waals surface area contributed by atoms with E-state index in [0.717, 1.165) is 24.2 Å². The molecule has 2 aromatic carbocycles. The lowest BCUT2D eigenvalue weighted by atomic mass is 9.77. The number of ether oxygens (including phenoxy) is 1. The van der Waals surface area contributed by atoms with Crippen molar-refractivity contribution in [3.05, 3.63) is 54.1 Å². The van der Waals surface area contributed by atoms with Gasteiger partial charge < -0.3 is 4.74 Å². The van der Waals surface area contributed by atoms with Gasteiger partial charge in [-0.1, -0.05) is 89.3 Å². The van der Waals surface area contributed by atoms with Gasteiger partial charge in [0.2, 0.25) is 0 Å². The lowest BCUT2D eigenvalue weighted by Gasteiger charge is -2.28. The first-order valence-corrected chi connectivity index (χ1v) is 12.5. The van der Waals surface area contributed by atoms with E-state index in [9.17, 15) is 0 Å².